The van der Waals surface area contributed by atoms with E-state index in [-0.39, 0.29) is 11.8 Å². The average Bonchev–Trinajstić information content (AvgIpc) is 2.93. The Labute approximate surface area is 89.4 Å². The van der Waals surface area contributed by atoms with Crippen LogP contribution < -0.4 is 5.32 Å². The molecule has 0 bridgehead atoms. The fourth-order valence-electron chi connectivity index (χ4n) is 1.38. The van der Waals surface area contributed by atoms with Crippen molar-refractivity contribution >= 4 is 11.9 Å². The van der Waals surface area contributed by atoms with Crippen LogP contribution in [0.5, 0.6) is 0 Å². The minimum absolute atomic E-state index is 0.144. The highest BCUT2D eigenvalue weighted by Gasteiger charge is 2.37. The minimum atomic E-state index is -0.921. The number of carbonyl (C=O) groups is 2. The molecule has 1 fully saturated rings. The molecule has 5 nitrogen and oxygen atoms in total. The minimum Gasteiger partial charge on any atom is -0.480 e. The summed E-state index contributed by atoms with van der Waals surface area (Å²) in [5.41, 5.74) is 0. The fraction of sp³-hybridized carbons (Fsp3) is 0.800. The largest absolute Gasteiger partial charge is 0.480 e. The van der Waals surface area contributed by atoms with E-state index in [1.165, 1.54) is 0 Å². The molecule has 0 aromatic heterocycles. The maximum Gasteiger partial charge on any atom is 0.326 e. The van der Waals surface area contributed by atoms with Crippen molar-refractivity contribution in [1.29, 1.82) is 0 Å². The zero-order valence-electron chi connectivity index (χ0n) is 9.19. The predicted octanol–water partition coefficient (Wildman–Crippen LogP) is -0.0825. The van der Waals surface area contributed by atoms with Crippen molar-refractivity contribution in [2.45, 2.75) is 25.3 Å². The predicted molar refractivity (Wildman–Crippen MR) is 55.5 cm³/mol. The number of hydrogen-bond acceptors (Lipinski definition) is 3. The Hall–Kier alpha value is -1.10. The molecule has 1 saturated carbocycles. The van der Waals surface area contributed by atoms with E-state index in [0.29, 0.717) is 13.0 Å². The molecule has 2 N–H and O–H groups in total. The first-order chi connectivity index (χ1) is 7.00. The van der Waals surface area contributed by atoms with E-state index < -0.39 is 12.0 Å². The third-order valence-electron chi connectivity index (χ3n) is 2.46. The normalized spacial score (nSPS) is 17.5. The second kappa shape index (κ2) is 5.11. The van der Waals surface area contributed by atoms with Gasteiger partial charge in [-0.25, -0.2) is 4.79 Å². The summed E-state index contributed by atoms with van der Waals surface area (Å²) in [4.78, 5) is 24.1. The zero-order valence-corrected chi connectivity index (χ0v) is 9.19. The Bertz CT molecular complexity index is 249. The average molecular weight is 214 g/mol. The molecular weight excluding hydrogens is 196 g/mol. The molecule has 1 amide bonds. The van der Waals surface area contributed by atoms with E-state index in [4.69, 9.17) is 5.11 Å². The maximum absolute atomic E-state index is 11.4. The smallest absolute Gasteiger partial charge is 0.326 e. The molecule has 0 aliphatic heterocycles. The molecule has 0 heterocycles. The van der Waals surface area contributed by atoms with E-state index in [9.17, 15) is 9.59 Å². The Morgan fingerprint density at radius 3 is 2.47 bits per heavy atom. The lowest BCUT2D eigenvalue weighted by atomic mass is 10.2. The van der Waals surface area contributed by atoms with Crippen molar-refractivity contribution in [1.82, 2.24) is 10.2 Å². The van der Waals surface area contributed by atoms with Gasteiger partial charge in [-0.1, -0.05) is 0 Å². The van der Waals surface area contributed by atoms with E-state index in [0.717, 1.165) is 12.8 Å². The van der Waals surface area contributed by atoms with Gasteiger partial charge in [-0.3, -0.25) is 4.79 Å². The molecular formula is C10H18N2O3. The number of hydrogen-bond donors (Lipinski definition) is 2. The number of rotatable bonds is 6. The van der Waals surface area contributed by atoms with Crippen molar-refractivity contribution in [3.63, 3.8) is 0 Å². The zero-order chi connectivity index (χ0) is 11.4. The number of nitrogens with one attached hydrogen (secondary N) is 1. The molecule has 1 aliphatic carbocycles. The van der Waals surface area contributed by atoms with Gasteiger partial charge in [-0.15, -0.1) is 0 Å². The highest BCUT2D eigenvalue weighted by molar-refractivity contribution is 5.84. The molecule has 15 heavy (non-hydrogen) atoms. The Morgan fingerprint density at radius 1 is 1.47 bits per heavy atom. The van der Waals surface area contributed by atoms with Crippen LogP contribution in [0.3, 0.4) is 0 Å². The van der Waals surface area contributed by atoms with Gasteiger partial charge in [-0.05, 0) is 32.9 Å². The number of nitrogens with zero attached hydrogens (tertiary/aromatic N) is 1. The fourth-order valence-corrected chi connectivity index (χ4v) is 1.38. The lowest BCUT2D eigenvalue weighted by Crippen LogP contribution is -2.43. The van der Waals surface area contributed by atoms with Gasteiger partial charge in [-0.2, -0.15) is 0 Å². The van der Waals surface area contributed by atoms with E-state index >= 15 is 0 Å². The molecule has 5 heteroatoms. The maximum atomic E-state index is 11.4. The second-order valence-corrected chi connectivity index (χ2v) is 4.27. The molecule has 0 aromatic rings. The Kier molecular flexibility index (Phi) is 4.08. The number of carboxylic acids is 1. The quantitative estimate of drug-likeness (QED) is 0.648. The van der Waals surface area contributed by atoms with Gasteiger partial charge in [0.2, 0.25) is 5.91 Å². The van der Waals surface area contributed by atoms with E-state index in [1.54, 1.807) is 0 Å². The van der Waals surface area contributed by atoms with Gasteiger partial charge < -0.3 is 15.3 Å². The highest BCUT2D eigenvalue weighted by Crippen LogP contribution is 2.32. The van der Waals surface area contributed by atoms with Crippen LogP contribution in [0.1, 0.15) is 19.3 Å². The van der Waals surface area contributed by atoms with Crippen molar-refractivity contribution in [2.24, 2.45) is 5.92 Å². The number of amides is 1. The van der Waals surface area contributed by atoms with Crippen LogP contribution in [0, 0.1) is 5.92 Å². The van der Waals surface area contributed by atoms with Gasteiger partial charge in [0.1, 0.15) is 6.04 Å². The van der Waals surface area contributed by atoms with Crippen LogP contribution >= 0.6 is 0 Å². The highest BCUT2D eigenvalue weighted by atomic mass is 16.4. The van der Waals surface area contributed by atoms with Gasteiger partial charge in [0.15, 0.2) is 0 Å². The standard InChI is InChI=1S/C10H18N2O3/c1-12(2)6-5-8(13)11-9(10(14)15)7-3-4-7/h7,9H,3-6H2,1-2H3,(H,11,13)(H,14,15). The summed E-state index contributed by atoms with van der Waals surface area (Å²) in [5, 5.41) is 11.5. The third-order valence-corrected chi connectivity index (χ3v) is 2.46. The molecule has 0 radical (unpaired) electrons. The summed E-state index contributed by atoms with van der Waals surface area (Å²) < 4.78 is 0. The summed E-state index contributed by atoms with van der Waals surface area (Å²) >= 11 is 0. The molecule has 0 aromatic carbocycles. The molecule has 1 atom stereocenters. The van der Waals surface area contributed by atoms with Crippen LogP contribution in [0.25, 0.3) is 0 Å². The Balaban J connectivity index is 2.31. The van der Waals surface area contributed by atoms with Crippen LogP contribution in [0.15, 0.2) is 0 Å². The van der Waals surface area contributed by atoms with Gasteiger partial charge >= 0.3 is 5.97 Å². The number of carbonyl (C=O) groups excluding carboxylic acids is 1. The van der Waals surface area contributed by atoms with Gasteiger partial charge in [0.05, 0.1) is 0 Å². The lowest BCUT2D eigenvalue weighted by Gasteiger charge is -2.14. The summed E-state index contributed by atoms with van der Waals surface area (Å²) in [6, 6.07) is -0.681. The topological polar surface area (TPSA) is 69.6 Å². The summed E-state index contributed by atoms with van der Waals surface area (Å²) in [5.74, 6) is -0.954. The summed E-state index contributed by atoms with van der Waals surface area (Å²) in [6.45, 7) is 0.642. The van der Waals surface area contributed by atoms with Crippen LogP contribution in [0.2, 0.25) is 0 Å². The van der Waals surface area contributed by atoms with Crippen molar-refractivity contribution in [2.75, 3.05) is 20.6 Å². The van der Waals surface area contributed by atoms with Crippen LogP contribution in [-0.4, -0.2) is 48.6 Å². The van der Waals surface area contributed by atoms with E-state index in [1.807, 2.05) is 19.0 Å². The van der Waals surface area contributed by atoms with Gasteiger partial charge in [0.25, 0.3) is 0 Å². The molecule has 1 aliphatic rings. The van der Waals surface area contributed by atoms with Gasteiger partial charge in [0, 0.05) is 13.0 Å². The number of carboxylic acid groups (broad SMARTS) is 1. The molecule has 0 saturated heterocycles. The Morgan fingerprint density at radius 2 is 2.07 bits per heavy atom. The van der Waals surface area contributed by atoms with Crippen molar-refractivity contribution in [3.8, 4) is 0 Å². The van der Waals surface area contributed by atoms with E-state index in [2.05, 4.69) is 5.32 Å². The first kappa shape index (κ1) is 12.0. The van der Waals surface area contributed by atoms with Crippen molar-refractivity contribution in [3.05, 3.63) is 0 Å². The lowest BCUT2D eigenvalue weighted by molar-refractivity contribution is -0.142. The first-order valence-electron chi connectivity index (χ1n) is 5.17. The van der Waals surface area contributed by atoms with Crippen molar-refractivity contribution < 1.29 is 14.7 Å². The SMILES string of the molecule is CN(C)CCC(=O)NC(C(=O)O)C1CC1. The molecule has 86 valence electrons. The molecule has 0 spiro atoms. The first-order valence-corrected chi connectivity index (χ1v) is 5.17. The number of aliphatic carboxylic acids is 1. The third kappa shape index (κ3) is 4.29. The summed E-state index contributed by atoms with van der Waals surface area (Å²) in [7, 11) is 3.76. The molecule has 1 unspecified atom stereocenters. The summed E-state index contributed by atoms with van der Waals surface area (Å²) in [6.07, 6.45) is 2.17. The monoisotopic (exact) mass is 214 g/mol. The second-order valence-electron chi connectivity index (χ2n) is 4.27. The van der Waals surface area contributed by atoms with Crippen LogP contribution in [0.4, 0.5) is 0 Å². The van der Waals surface area contributed by atoms with Crippen LogP contribution in [-0.2, 0) is 9.59 Å². The molecule has 1 rings (SSSR count).